The summed E-state index contributed by atoms with van der Waals surface area (Å²) in [5, 5.41) is 10.7. The van der Waals surface area contributed by atoms with Gasteiger partial charge in [-0.1, -0.05) is 12.1 Å². The van der Waals surface area contributed by atoms with E-state index in [9.17, 15) is 5.11 Å². The van der Waals surface area contributed by atoms with Crippen LogP contribution in [0.2, 0.25) is 0 Å². The normalized spacial score (nSPS) is 10.7. The Morgan fingerprint density at radius 3 is 2.94 bits per heavy atom. The van der Waals surface area contributed by atoms with Crippen LogP contribution in [0.25, 0.3) is 10.9 Å². The number of hydrogen-bond donors (Lipinski definition) is 2. The summed E-state index contributed by atoms with van der Waals surface area (Å²) in [6, 6.07) is 11.1. The summed E-state index contributed by atoms with van der Waals surface area (Å²) in [6.45, 7) is 0.416. The van der Waals surface area contributed by atoms with Crippen molar-refractivity contribution in [2.45, 2.75) is 6.61 Å². The molecule has 0 aliphatic rings. The lowest BCUT2D eigenvalue weighted by molar-refractivity contribution is 0.301. The van der Waals surface area contributed by atoms with Crippen molar-refractivity contribution in [3.05, 3.63) is 54.5 Å². The zero-order valence-corrected chi connectivity index (χ0v) is 9.63. The highest BCUT2D eigenvalue weighted by molar-refractivity contribution is 5.85. The molecule has 90 valence electrons. The molecule has 0 aliphatic carbocycles. The average molecular weight is 240 g/mol. The molecule has 1 aromatic carbocycles. The van der Waals surface area contributed by atoms with Crippen LogP contribution >= 0.6 is 0 Å². The van der Waals surface area contributed by atoms with Gasteiger partial charge in [-0.05, 0) is 24.3 Å². The van der Waals surface area contributed by atoms with Gasteiger partial charge in [0.2, 0.25) is 0 Å². The number of phenols is 1. The van der Waals surface area contributed by atoms with Gasteiger partial charge in [-0.3, -0.25) is 4.98 Å². The molecule has 0 saturated carbocycles. The number of ether oxygens (including phenoxy) is 1. The number of aromatic amines is 1. The van der Waals surface area contributed by atoms with Gasteiger partial charge >= 0.3 is 0 Å². The van der Waals surface area contributed by atoms with Crippen molar-refractivity contribution in [3.63, 3.8) is 0 Å². The molecule has 0 radical (unpaired) electrons. The van der Waals surface area contributed by atoms with Crippen LogP contribution in [0.3, 0.4) is 0 Å². The molecule has 2 aromatic heterocycles. The molecule has 4 heteroatoms. The Hall–Kier alpha value is -2.49. The summed E-state index contributed by atoms with van der Waals surface area (Å²) >= 11 is 0. The fourth-order valence-corrected chi connectivity index (χ4v) is 1.87. The number of rotatable bonds is 3. The SMILES string of the molecule is Oc1cccc2cc(COc3cccnc3)[nH]c12. The molecule has 3 aromatic rings. The summed E-state index contributed by atoms with van der Waals surface area (Å²) in [7, 11) is 0. The van der Waals surface area contributed by atoms with E-state index < -0.39 is 0 Å². The Labute approximate surface area is 104 Å². The number of para-hydroxylation sites is 1. The molecule has 3 rings (SSSR count). The van der Waals surface area contributed by atoms with E-state index in [2.05, 4.69) is 9.97 Å². The van der Waals surface area contributed by atoms with Gasteiger partial charge in [-0.2, -0.15) is 0 Å². The van der Waals surface area contributed by atoms with Crippen LogP contribution in [-0.2, 0) is 6.61 Å². The summed E-state index contributed by atoms with van der Waals surface area (Å²) in [4.78, 5) is 7.12. The van der Waals surface area contributed by atoms with Gasteiger partial charge in [0.05, 0.1) is 17.4 Å². The summed E-state index contributed by atoms with van der Waals surface area (Å²) < 4.78 is 5.59. The fraction of sp³-hybridized carbons (Fsp3) is 0.0714. The second-order valence-corrected chi connectivity index (χ2v) is 4.01. The van der Waals surface area contributed by atoms with Crippen molar-refractivity contribution in [3.8, 4) is 11.5 Å². The number of hydrogen-bond acceptors (Lipinski definition) is 3. The minimum atomic E-state index is 0.250. The van der Waals surface area contributed by atoms with Gasteiger partial charge in [0.15, 0.2) is 0 Å². The van der Waals surface area contributed by atoms with E-state index in [1.54, 1.807) is 18.5 Å². The minimum Gasteiger partial charge on any atom is -0.506 e. The molecule has 0 fully saturated rings. The second-order valence-electron chi connectivity index (χ2n) is 4.01. The van der Waals surface area contributed by atoms with Gasteiger partial charge in [0.1, 0.15) is 18.1 Å². The maximum Gasteiger partial charge on any atom is 0.139 e. The number of aromatic hydroxyl groups is 1. The van der Waals surface area contributed by atoms with E-state index in [0.29, 0.717) is 6.61 Å². The van der Waals surface area contributed by atoms with Crippen LogP contribution in [-0.4, -0.2) is 15.1 Å². The lowest BCUT2D eigenvalue weighted by atomic mass is 10.2. The van der Waals surface area contributed by atoms with Gasteiger partial charge < -0.3 is 14.8 Å². The molecule has 18 heavy (non-hydrogen) atoms. The summed E-state index contributed by atoms with van der Waals surface area (Å²) in [5.74, 6) is 0.973. The molecule has 2 heterocycles. The number of nitrogens with one attached hydrogen (secondary N) is 1. The smallest absolute Gasteiger partial charge is 0.139 e. The van der Waals surface area contributed by atoms with Crippen molar-refractivity contribution in [2.24, 2.45) is 0 Å². The number of fused-ring (bicyclic) bond motifs is 1. The predicted molar refractivity (Wildman–Crippen MR) is 68.5 cm³/mol. The molecular formula is C14H12N2O2. The van der Waals surface area contributed by atoms with Crippen LogP contribution in [0, 0.1) is 0 Å². The number of nitrogens with zero attached hydrogens (tertiary/aromatic N) is 1. The number of benzene rings is 1. The first-order valence-corrected chi connectivity index (χ1v) is 5.65. The molecule has 0 unspecified atom stereocenters. The van der Waals surface area contributed by atoms with Crippen molar-refractivity contribution in [2.75, 3.05) is 0 Å². The van der Waals surface area contributed by atoms with E-state index in [4.69, 9.17) is 4.74 Å². The van der Waals surface area contributed by atoms with E-state index in [1.165, 1.54) is 0 Å². The molecule has 2 N–H and O–H groups in total. The van der Waals surface area contributed by atoms with Crippen molar-refractivity contribution in [1.29, 1.82) is 0 Å². The zero-order chi connectivity index (χ0) is 12.4. The van der Waals surface area contributed by atoms with Crippen molar-refractivity contribution in [1.82, 2.24) is 9.97 Å². The van der Waals surface area contributed by atoms with Crippen LogP contribution < -0.4 is 4.74 Å². The Balaban J connectivity index is 1.81. The number of aromatic nitrogens is 2. The Morgan fingerprint density at radius 1 is 1.22 bits per heavy atom. The number of H-pyrrole nitrogens is 1. The average Bonchev–Trinajstić information content (AvgIpc) is 2.82. The highest BCUT2D eigenvalue weighted by atomic mass is 16.5. The quantitative estimate of drug-likeness (QED) is 0.740. The van der Waals surface area contributed by atoms with E-state index in [1.807, 2.05) is 30.3 Å². The van der Waals surface area contributed by atoms with Crippen LogP contribution in [0.5, 0.6) is 11.5 Å². The van der Waals surface area contributed by atoms with Crippen LogP contribution in [0.4, 0.5) is 0 Å². The highest BCUT2D eigenvalue weighted by Crippen LogP contribution is 2.24. The maximum absolute atomic E-state index is 9.69. The van der Waals surface area contributed by atoms with Crippen LogP contribution in [0.15, 0.2) is 48.8 Å². The monoisotopic (exact) mass is 240 g/mol. The third-order valence-electron chi connectivity index (χ3n) is 2.72. The second kappa shape index (κ2) is 4.41. The largest absolute Gasteiger partial charge is 0.506 e. The molecule has 0 spiro atoms. The number of pyridine rings is 1. The molecular weight excluding hydrogens is 228 g/mol. The first-order valence-electron chi connectivity index (χ1n) is 5.65. The van der Waals surface area contributed by atoms with Crippen molar-refractivity contribution >= 4 is 10.9 Å². The molecule has 0 bridgehead atoms. The Kier molecular flexibility index (Phi) is 2.61. The first kappa shape index (κ1) is 10.7. The standard InChI is InChI=1S/C14H12N2O2/c17-13-5-1-3-10-7-11(16-14(10)13)9-18-12-4-2-6-15-8-12/h1-8,16-17H,9H2. The van der Waals surface area contributed by atoms with Gasteiger partial charge in [0.25, 0.3) is 0 Å². The lowest BCUT2D eigenvalue weighted by Crippen LogP contribution is -1.95. The van der Waals surface area contributed by atoms with Gasteiger partial charge in [-0.25, -0.2) is 0 Å². The third-order valence-corrected chi connectivity index (χ3v) is 2.72. The maximum atomic E-state index is 9.69. The van der Waals surface area contributed by atoms with Gasteiger partial charge in [-0.15, -0.1) is 0 Å². The Morgan fingerprint density at radius 2 is 2.17 bits per heavy atom. The fourth-order valence-electron chi connectivity index (χ4n) is 1.87. The molecule has 0 atom stereocenters. The predicted octanol–water partition coefficient (Wildman–Crippen LogP) is 2.85. The molecule has 0 saturated heterocycles. The highest BCUT2D eigenvalue weighted by Gasteiger charge is 2.04. The molecule has 0 aliphatic heterocycles. The zero-order valence-electron chi connectivity index (χ0n) is 9.63. The van der Waals surface area contributed by atoms with E-state index in [-0.39, 0.29) is 5.75 Å². The minimum absolute atomic E-state index is 0.250. The topological polar surface area (TPSA) is 58.1 Å². The van der Waals surface area contributed by atoms with Gasteiger partial charge in [0, 0.05) is 11.6 Å². The van der Waals surface area contributed by atoms with E-state index in [0.717, 1.165) is 22.3 Å². The number of phenolic OH excluding ortho intramolecular Hbond substituents is 1. The van der Waals surface area contributed by atoms with Crippen LogP contribution in [0.1, 0.15) is 5.69 Å². The van der Waals surface area contributed by atoms with E-state index >= 15 is 0 Å². The summed E-state index contributed by atoms with van der Waals surface area (Å²) in [6.07, 6.45) is 3.37. The summed E-state index contributed by atoms with van der Waals surface area (Å²) in [5.41, 5.74) is 1.65. The molecule has 0 amide bonds. The van der Waals surface area contributed by atoms with Crippen molar-refractivity contribution < 1.29 is 9.84 Å². The first-order chi connectivity index (χ1) is 8.83. The third kappa shape index (κ3) is 2.00. The lowest BCUT2D eigenvalue weighted by Gasteiger charge is -2.02. The molecule has 4 nitrogen and oxygen atoms in total. The Bertz CT molecular complexity index is 662.